The van der Waals surface area contributed by atoms with Gasteiger partial charge in [0.2, 0.25) is 0 Å². The molecule has 0 unspecified atom stereocenters. The van der Waals surface area contributed by atoms with Gasteiger partial charge in [0.1, 0.15) is 18.5 Å². The van der Waals surface area contributed by atoms with Crippen LogP contribution in [0.2, 0.25) is 0 Å². The second kappa shape index (κ2) is 7.09. The second-order valence-corrected chi connectivity index (χ2v) is 7.13. The molecule has 128 valence electrons. The van der Waals surface area contributed by atoms with Gasteiger partial charge >= 0.3 is 0 Å². The van der Waals surface area contributed by atoms with Crippen molar-refractivity contribution in [1.29, 1.82) is 0 Å². The van der Waals surface area contributed by atoms with Crippen LogP contribution in [0.15, 0.2) is 42.5 Å². The summed E-state index contributed by atoms with van der Waals surface area (Å²) in [5.41, 5.74) is 0. The van der Waals surface area contributed by atoms with Crippen LogP contribution in [0.5, 0.6) is 5.75 Å². The molecule has 3 fully saturated rings. The molecule has 24 heavy (non-hydrogen) atoms. The third kappa shape index (κ3) is 3.56. The number of aliphatic hydroxyl groups excluding tert-OH is 1. The molecule has 0 aliphatic carbocycles. The summed E-state index contributed by atoms with van der Waals surface area (Å²) in [6.07, 6.45) is 2.11. The topological polar surface area (TPSA) is 44.7 Å². The molecule has 2 atom stereocenters. The number of ether oxygens (including phenoxy) is 1. The molecule has 3 heterocycles. The van der Waals surface area contributed by atoms with Gasteiger partial charge in [-0.05, 0) is 54.8 Å². The van der Waals surface area contributed by atoms with Crippen molar-refractivity contribution in [1.82, 2.24) is 10.2 Å². The summed E-state index contributed by atoms with van der Waals surface area (Å²) in [4.78, 5) is 2.52. The van der Waals surface area contributed by atoms with Gasteiger partial charge in [0.05, 0.1) is 0 Å². The molecule has 0 aromatic heterocycles. The number of rotatable bonds is 6. The molecule has 0 amide bonds. The molecule has 3 aliphatic heterocycles. The lowest BCUT2D eigenvalue weighted by atomic mass is 9.84. The molecular weight excluding hydrogens is 300 g/mol. The summed E-state index contributed by atoms with van der Waals surface area (Å²) in [5, 5.41) is 16.1. The Morgan fingerprint density at radius 2 is 1.92 bits per heavy atom. The van der Waals surface area contributed by atoms with E-state index in [-0.39, 0.29) is 0 Å². The Hall–Kier alpha value is -1.62. The van der Waals surface area contributed by atoms with E-state index < -0.39 is 6.10 Å². The Labute approximate surface area is 143 Å². The van der Waals surface area contributed by atoms with Crippen LogP contribution in [-0.2, 0) is 0 Å². The van der Waals surface area contributed by atoms with E-state index >= 15 is 0 Å². The van der Waals surface area contributed by atoms with Crippen LogP contribution in [-0.4, -0.2) is 54.9 Å². The van der Waals surface area contributed by atoms with Crippen molar-refractivity contribution in [3.63, 3.8) is 0 Å². The Morgan fingerprint density at radius 3 is 2.67 bits per heavy atom. The number of benzene rings is 2. The lowest BCUT2D eigenvalue weighted by Crippen LogP contribution is -2.57. The fraction of sp³-hybridized carbons (Fsp3) is 0.500. The van der Waals surface area contributed by atoms with Crippen LogP contribution in [0.1, 0.15) is 12.8 Å². The van der Waals surface area contributed by atoms with Crippen molar-refractivity contribution in [3.8, 4) is 5.75 Å². The summed E-state index contributed by atoms with van der Waals surface area (Å²) in [6.45, 7) is 4.55. The molecule has 3 saturated heterocycles. The first-order valence-electron chi connectivity index (χ1n) is 9.03. The first kappa shape index (κ1) is 15.9. The maximum atomic E-state index is 10.2. The van der Waals surface area contributed by atoms with Gasteiger partial charge in [-0.1, -0.05) is 30.3 Å². The minimum atomic E-state index is -0.480. The largest absolute Gasteiger partial charge is 0.491 e. The van der Waals surface area contributed by atoms with Gasteiger partial charge in [-0.3, -0.25) is 0 Å². The first-order valence-corrected chi connectivity index (χ1v) is 9.03. The van der Waals surface area contributed by atoms with Gasteiger partial charge < -0.3 is 20.1 Å². The fourth-order valence-electron chi connectivity index (χ4n) is 3.99. The van der Waals surface area contributed by atoms with Crippen molar-refractivity contribution in [2.45, 2.75) is 25.0 Å². The maximum absolute atomic E-state index is 10.2. The van der Waals surface area contributed by atoms with Crippen molar-refractivity contribution in [2.24, 2.45) is 5.92 Å². The van der Waals surface area contributed by atoms with Crippen molar-refractivity contribution in [3.05, 3.63) is 42.5 Å². The summed E-state index contributed by atoms with van der Waals surface area (Å²) < 4.78 is 5.78. The smallest absolute Gasteiger partial charge is 0.120 e. The highest BCUT2D eigenvalue weighted by molar-refractivity contribution is 5.83. The molecule has 4 heteroatoms. The second-order valence-electron chi connectivity index (χ2n) is 7.13. The Kier molecular flexibility index (Phi) is 4.69. The number of fused-ring (bicyclic) bond motifs is 4. The van der Waals surface area contributed by atoms with Crippen LogP contribution < -0.4 is 10.1 Å². The van der Waals surface area contributed by atoms with Gasteiger partial charge in [0.25, 0.3) is 0 Å². The molecule has 2 aromatic rings. The lowest BCUT2D eigenvalue weighted by molar-refractivity contribution is 0.0551. The zero-order valence-electron chi connectivity index (χ0n) is 14.0. The maximum Gasteiger partial charge on any atom is 0.120 e. The zero-order valence-corrected chi connectivity index (χ0v) is 14.0. The van der Waals surface area contributed by atoms with Crippen LogP contribution in [0.4, 0.5) is 0 Å². The average Bonchev–Trinajstić information content (AvgIpc) is 2.65. The van der Waals surface area contributed by atoms with E-state index in [1.807, 2.05) is 24.3 Å². The van der Waals surface area contributed by atoms with Crippen LogP contribution in [0.25, 0.3) is 10.8 Å². The monoisotopic (exact) mass is 326 g/mol. The minimum Gasteiger partial charge on any atom is -0.491 e. The van der Waals surface area contributed by atoms with Gasteiger partial charge in [-0.25, -0.2) is 0 Å². The molecule has 0 radical (unpaired) electrons. The quantitative estimate of drug-likeness (QED) is 0.855. The molecule has 2 N–H and O–H groups in total. The van der Waals surface area contributed by atoms with Gasteiger partial charge in [0, 0.05) is 19.1 Å². The van der Waals surface area contributed by atoms with Crippen molar-refractivity contribution < 1.29 is 9.84 Å². The van der Waals surface area contributed by atoms with E-state index in [2.05, 4.69) is 28.4 Å². The number of nitrogens with zero attached hydrogens (tertiary/aromatic N) is 1. The van der Waals surface area contributed by atoms with Crippen molar-refractivity contribution >= 4 is 10.8 Å². The minimum absolute atomic E-state index is 0.326. The third-order valence-electron chi connectivity index (χ3n) is 5.44. The van der Waals surface area contributed by atoms with Gasteiger partial charge in [-0.2, -0.15) is 0 Å². The normalized spacial score (nSPS) is 27.3. The van der Waals surface area contributed by atoms with E-state index in [4.69, 9.17) is 4.74 Å². The summed E-state index contributed by atoms with van der Waals surface area (Å²) in [6, 6.07) is 14.8. The van der Waals surface area contributed by atoms with Crippen LogP contribution >= 0.6 is 0 Å². The predicted molar refractivity (Wildman–Crippen MR) is 96.4 cm³/mol. The van der Waals surface area contributed by atoms with Gasteiger partial charge in [0.15, 0.2) is 0 Å². The molecule has 2 bridgehead atoms. The number of hydrogen-bond donors (Lipinski definition) is 2. The number of nitrogens with one attached hydrogen (secondary N) is 1. The zero-order chi connectivity index (χ0) is 16.4. The highest BCUT2D eigenvalue weighted by atomic mass is 16.5. The molecule has 0 spiro atoms. The van der Waals surface area contributed by atoms with E-state index in [9.17, 15) is 5.11 Å². The average molecular weight is 326 g/mol. The number of aliphatic hydroxyl groups is 1. The predicted octanol–water partition coefficient (Wildman–Crippen LogP) is 2.26. The van der Waals surface area contributed by atoms with Gasteiger partial charge in [-0.15, -0.1) is 0 Å². The summed E-state index contributed by atoms with van der Waals surface area (Å²) >= 11 is 0. The number of hydrogen-bond acceptors (Lipinski definition) is 4. The first-order chi connectivity index (χ1) is 11.8. The Morgan fingerprint density at radius 1 is 1.12 bits per heavy atom. The van der Waals surface area contributed by atoms with Crippen molar-refractivity contribution in [2.75, 3.05) is 32.8 Å². The highest BCUT2D eigenvalue weighted by Crippen LogP contribution is 2.27. The van der Waals surface area contributed by atoms with Crippen LogP contribution in [0, 0.1) is 5.92 Å². The molecule has 5 rings (SSSR count). The standard InChI is InChI=1S/C20H26N2O2/c23-18(12-21-20-13-22-9-7-16(20)8-10-22)14-24-19-6-5-15-3-1-2-4-17(15)11-19/h1-6,11,16,18,20-21,23H,7-10,12-14H2/t18-,20+/m1/s1. The van der Waals surface area contributed by atoms with E-state index in [0.717, 1.165) is 23.6 Å². The van der Waals surface area contributed by atoms with E-state index in [1.165, 1.54) is 31.3 Å². The SMILES string of the molecule is O[C@H](CN[C@H]1CN2CCC1CC2)COc1ccc2ccccc2c1. The molecular formula is C20H26N2O2. The molecule has 3 aliphatic rings. The molecule has 4 nitrogen and oxygen atoms in total. The summed E-state index contributed by atoms with van der Waals surface area (Å²) in [7, 11) is 0. The van der Waals surface area contributed by atoms with E-state index in [0.29, 0.717) is 19.2 Å². The molecule has 2 aromatic carbocycles. The van der Waals surface area contributed by atoms with E-state index in [1.54, 1.807) is 0 Å². The Bertz CT molecular complexity index is 682. The van der Waals surface area contributed by atoms with Crippen LogP contribution in [0.3, 0.4) is 0 Å². The molecule has 0 saturated carbocycles. The Balaban J connectivity index is 1.26. The summed E-state index contributed by atoms with van der Waals surface area (Å²) in [5.74, 6) is 1.60. The third-order valence-corrected chi connectivity index (χ3v) is 5.44. The fourth-order valence-corrected chi connectivity index (χ4v) is 3.99. The number of piperidine rings is 3. The lowest BCUT2D eigenvalue weighted by Gasteiger charge is -2.45. The highest BCUT2D eigenvalue weighted by Gasteiger charge is 2.33.